The van der Waals surface area contributed by atoms with Crippen molar-refractivity contribution in [1.82, 2.24) is 15.5 Å². The van der Waals surface area contributed by atoms with Crippen molar-refractivity contribution in [1.29, 1.82) is 0 Å². The Hall–Kier alpha value is -3.02. The molecule has 0 aliphatic carbocycles. The number of likely N-dealkylation sites (tertiary alicyclic amines) is 1. The smallest absolute Gasteiger partial charge is 0.321 e. The van der Waals surface area contributed by atoms with Gasteiger partial charge in [0, 0.05) is 31.9 Å². The fourth-order valence-corrected chi connectivity index (χ4v) is 3.27. The highest BCUT2D eigenvalue weighted by Crippen LogP contribution is 2.14. The van der Waals surface area contributed by atoms with Crippen LogP contribution in [0.15, 0.2) is 53.5 Å². The minimum atomic E-state index is -0.0174. The van der Waals surface area contributed by atoms with E-state index >= 15 is 0 Å². The molecule has 154 valence electrons. The fraction of sp³-hybridized carbons (Fsp3) is 0.391. The van der Waals surface area contributed by atoms with Crippen molar-refractivity contribution in [2.45, 2.75) is 39.8 Å². The molecular weight excluding hydrogens is 362 g/mol. The standard InChI is InChI=1S/C23H31N5O/c1-3-24-22(25-16-19-11-9-18(2)10-12-19)26-17-20-7-6-8-21(15-20)27-23(29)28-13-4-5-14-28/h6-12,15H,3-5,13-14,16-17H2,1-2H3,(H,27,29)(H2,24,25,26). The van der Waals surface area contributed by atoms with E-state index in [0.717, 1.165) is 56.2 Å². The molecule has 0 bridgehead atoms. The van der Waals surface area contributed by atoms with E-state index in [1.54, 1.807) is 0 Å². The van der Waals surface area contributed by atoms with Gasteiger partial charge in [0.2, 0.25) is 0 Å². The topological polar surface area (TPSA) is 68.8 Å². The van der Waals surface area contributed by atoms with Gasteiger partial charge in [0.15, 0.2) is 5.96 Å². The molecule has 3 rings (SSSR count). The summed E-state index contributed by atoms with van der Waals surface area (Å²) < 4.78 is 0. The zero-order valence-corrected chi connectivity index (χ0v) is 17.4. The third-order valence-electron chi connectivity index (χ3n) is 4.92. The molecular formula is C23H31N5O. The summed E-state index contributed by atoms with van der Waals surface area (Å²) in [6.07, 6.45) is 2.18. The Bertz CT molecular complexity index is 825. The van der Waals surface area contributed by atoms with Crippen molar-refractivity contribution in [3.05, 3.63) is 65.2 Å². The molecule has 0 atom stereocenters. The molecule has 6 heteroatoms. The van der Waals surface area contributed by atoms with Gasteiger partial charge in [0.25, 0.3) is 0 Å². The Kier molecular flexibility index (Phi) is 7.50. The molecule has 0 saturated carbocycles. The van der Waals surface area contributed by atoms with Crippen molar-refractivity contribution in [2.24, 2.45) is 4.99 Å². The van der Waals surface area contributed by atoms with Crippen LogP contribution in [-0.4, -0.2) is 36.5 Å². The molecule has 1 saturated heterocycles. The van der Waals surface area contributed by atoms with Crippen LogP contribution in [0.5, 0.6) is 0 Å². The molecule has 0 unspecified atom stereocenters. The van der Waals surface area contributed by atoms with Crippen LogP contribution in [0.2, 0.25) is 0 Å². The average molecular weight is 394 g/mol. The number of hydrogen-bond donors (Lipinski definition) is 3. The minimum absolute atomic E-state index is 0.0174. The van der Waals surface area contributed by atoms with Crippen molar-refractivity contribution in [2.75, 3.05) is 25.0 Å². The second-order valence-corrected chi connectivity index (χ2v) is 7.36. The summed E-state index contributed by atoms with van der Waals surface area (Å²) in [6, 6.07) is 16.3. The highest BCUT2D eigenvalue weighted by Gasteiger charge is 2.17. The second kappa shape index (κ2) is 10.5. The lowest BCUT2D eigenvalue weighted by molar-refractivity contribution is 0.222. The molecule has 0 spiro atoms. The van der Waals surface area contributed by atoms with E-state index in [1.807, 2.05) is 29.2 Å². The molecule has 6 nitrogen and oxygen atoms in total. The summed E-state index contributed by atoms with van der Waals surface area (Å²) in [5.74, 6) is 0.777. The zero-order valence-electron chi connectivity index (χ0n) is 17.4. The van der Waals surface area contributed by atoms with Crippen molar-refractivity contribution >= 4 is 17.7 Å². The van der Waals surface area contributed by atoms with Crippen molar-refractivity contribution in [3.8, 4) is 0 Å². The van der Waals surface area contributed by atoms with E-state index in [9.17, 15) is 4.79 Å². The first-order valence-electron chi connectivity index (χ1n) is 10.4. The molecule has 1 aliphatic heterocycles. The fourth-order valence-electron chi connectivity index (χ4n) is 3.27. The number of hydrogen-bond acceptors (Lipinski definition) is 2. The molecule has 0 radical (unpaired) electrons. The van der Waals surface area contributed by atoms with Gasteiger partial charge in [-0.05, 0) is 49.9 Å². The Balaban J connectivity index is 1.58. The summed E-state index contributed by atoms with van der Waals surface area (Å²) in [5, 5.41) is 9.65. The van der Waals surface area contributed by atoms with E-state index in [0.29, 0.717) is 6.54 Å². The van der Waals surface area contributed by atoms with Crippen LogP contribution < -0.4 is 16.0 Å². The minimum Gasteiger partial charge on any atom is -0.357 e. The van der Waals surface area contributed by atoms with Crippen LogP contribution in [0.1, 0.15) is 36.5 Å². The van der Waals surface area contributed by atoms with Crippen LogP contribution >= 0.6 is 0 Å². The Morgan fingerprint density at radius 3 is 2.52 bits per heavy atom. The van der Waals surface area contributed by atoms with Gasteiger partial charge in [0.1, 0.15) is 0 Å². The lowest BCUT2D eigenvalue weighted by atomic mass is 10.1. The Labute approximate surface area is 173 Å². The van der Waals surface area contributed by atoms with Gasteiger partial charge in [-0.1, -0.05) is 42.0 Å². The molecule has 1 aliphatic rings. The number of anilines is 1. The lowest BCUT2D eigenvalue weighted by Gasteiger charge is -2.16. The molecule has 2 aromatic rings. The highest BCUT2D eigenvalue weighted by atomic mass is 16.2. The first-order chi connectivity index (χ1) is 14.1. The molecule has 1 fully saturated rings. The predicted molar refractivity (Wildman–Crippen MR) is 119 cm³/mol. The molecule has 29 heavy (non-hydrogen) atoms. The van der Waals surface area contributed by atoms with Crippen molar-refractivity contribution < 1.29 is 4.79 Å². The van der Waals surface area contributed by atoms with E-state index in [2.05, 4.69) is 59.1 Å². The first kappa shape index (κ1) is 20.7. The number of guanidine groups is 1. The summed E-state index contributed by atoms with van der Waals surface area (Å²) in [7, 11) is 0. The summed E-state index contributed by atoms with van der Waals surface area (Å²) in [4.78, 5) is 18.8. The number of rotatable bonds is 6. The third-order valence-corrected chi connectivity index (χ3v) is 4.92. The number of aliphatic imine (C=N–C) groups is 1. The first-order valence-corrected chi connectivity index (χ1v) is 10.4. The number of nitrogens with one attached hydrogen (secondary N) is 3. The number of benzene rings is 2. The number of carbonyl (C=O) groups is 1. The van der Waals surface area contributed by atoms with Gasteiger partial charge >= 0.3 is 6.03 Å². The van der Waals surface area contributed by atoms with E-state index in [4.69, 9.17) is 0 Å². The third kappa shape index (κ3) is 6.52. The highest BCUT2D eigenvalue weighted by molar-refractivity contribution is 5.89. The maximum Gasteiger partial charge on any atom is 0.321 e. The number of urea groups is 1. The van der Waals surface area contributed by atoms with Crippen LogP contribution in [-0.2, 0) is 13.1 Å². The lowest BCUT2D eigenvalue weighted by Crippen LogP contribution is -2.36. The van der Waals surface area contributed by atoms with Gasteiger partial charge in [-0.2, -0.15) is 0 Å². The van der Waals surface area contributed by atoms with Gasteiger partial charge in [-0.25, -0.2) is 9.79 Å². The quantitative estimate of drug-likeness (QED) is 0.515. The van der Waals surface area contributed by atoms with Gasteiger partial charge in [-0.3, -0.25) is 0 Å². The summed E-state index contributed by atoms with van der Waals surface area (Å²) in [6.45, 7) is 7.88. The Morgan fingerprint density at radius 2 is 1.79 bits per heavy atom. The zero-order chi connectivity index (χ0) is 20.5. The van der Waals surface area contributed by atoms with Crippen LogP contribution in [0.3, 0.4) is 0 Å². The van der Waals surface area contributed by atoms with E-state index < -0.39 is 0 Å². The Morgan fingerprint density at radius 1 is 1.03 bits per heavy atom. The molecule has 2 amide bonds. The summed E-state index contributed by atoms with van der Waals surface area (Å²) >= 11 is 0. The van der Waals surface area contributed by atoms with E-state index in [1.165, 1.54) is 11.1 Å². The molecule has 2 aromatic carbocycles. The largest absolute Gasteiger partial charge is 0.357 e. The second-order valence-electron chi connectivity index (χ2n) is 7.36. The summed E-state index contributed by atoms with van der Waals surface area (Å²) in [5.41, 5.74) is 4.34. The van der Waals surface area contributed by atoms with Crippen LogP contribution in [0, 0.1) is 6.92 Å². The van der Waals surface area contributed by atoms with Gasteiger partial charge in [0.05, 0.1) is 6.54 Å². The van der Waals surface area contributed by atoms with Crippen LogP contribution in [0.4, 0.5) is 10.5 Å². The van der Waals surface area contributed by atoms with E-state index in [-0.39, 0.29) is 6.03 Å². The SMILES string of the molecule is CCNC(=NCc1cccc(NC(=O)N2CCCC2)c1)NCc1ccc(C)cc1. The van der Waals surface area contributed by atoms with Gasteiger partial charge in [-0.15, -0.1) is 0 Å². The predicted octanol–water partition coefficient (Wildman–Crippen LogP) is 3.88. The molecule has 0 aromatic heterocycles. The number of nitrogens with zero attached hydrogens (tertiary/aromatic N) is 2. The van der Waals surface area contributed by atoms with Crippen LogP contribution in [0.25, 0.3) is 0 Å². The average Bonchev–Trinajstić information content (AvgIpc) is 3.27. The maximum atomic E-state index is 12.3. The molecule has 3 N–H and O–H groups in total. The number of amides is 2. The maximum absolute atomic E-state index is 12.3. The number of carbonyl (C=O) groups excluding carboxylic acids is 1. The number of aryl methyl sites for hydroxylation is 1. The normalized spacial score (nSPS) is 14.0. The monoisotopic (exact) mass is 393 g/mol. The van der Waals surface area contributed by atoms with Crippen molar-refractivity contribution in [3.63, 3.8) is 0 Å². The van der Waals surface area contributed by atoms with Gasteiger partial charge < -0.3 is 20.9 Å². The molecule has 1 heterocycles.